The van der Waals surface area contributed by atoms with Gasteiger partial charge in [0.1, 0.15) is 6.10 Å². The lowest BCUT2D eigenvalue weighted by Crippen LogP contribution is -2.35. The van der Waals surface area contributed by atoms with E-state index in [2.05, 4.69) is 26.1 Å². The Morgan fingerprint density at radius 1 is 1.19 bits per heavy atom. The number of rotatable bonds is 8. The lowest BCUT2D eigenvalue weighted by Gasteiger charge is -2.21. The van der Waals surface area contributed by atoms with Crippen molar-refractivity contribution in [1.29, 1.82) is 0 Å². The molecule has 1 amide bonds. The van der Waals surface area contributed by atoms with Gasteiger partial charge in [0.15, 0.2) is 0 Å². The minimum atomic E-state index is -0.844. The highest BCUT2D eigenvalue weighted by Gasteiger charge is 2.15. The van der Waals surface area contributed by atoms with Gasteiger partial charge in [-0.3, -0.25) is 4.79 Å². The zero-order chi connectivity index (χ0) is 12.6. The molecule has 0 aromatic carbocycles. The summed E-state index contributed by atoms with van der Waals surface area (Å²) in [7, 11) is 0. The highest BCUT2D eigenvalue weighted by atomic mass is 16.3. The molecule has 2 unspecified atom stereocenters. The predicted octanol–water partition coefficient (Wildman–Crippen LogP) is 2.34. The third-order valence-corrected chi connectivity index (χ3v) is 3.44. The smallest absolute Gasteiger partial charge is 0.248 e. The van der Waals surface area contributed by atoms with Crippen LogP contribution in [0, 0.1) is 11.8 Å². The van der Waals surface area contributed by atoms with E-state index in [4.69, 9.17) is 0 Å². The molecule has 2 atom stereocenters. The van der Waals surface area contributed by atoms with Crippen molar-refractivity contribution in [2.24, 2.45) is 11.8 Å². The first-order valence-electron chi connectivity index (χ1n) is 6.52. The van der Waals surface area contributed by atoms with Gasteiger partial charge in [0.2, 0.25) is 5.91 Å². The summed E-state index contributed by atoms with van der Waals surface area (Å²) in [6.45, 7) is 9.14. The van der Waals surface area contributed by atoms with Crippen molar-refractivity contribution in [3.05, 3.63) is 0 Å². The molecule has 0 heterocycles. The fourth-order valence-corrected chi connectivity index (χ4v) is 2.06. The molecule has 0 saturated carbocycles. The van der Waals surface area contributed by atoms with E-state index in [1.807, 2.05) is 0 Å². The van der Waals surface area contributed by atoms with Gasteiger partial charge in [-0.25, -0.2) is 0 Å². The Hall–Kier alpha value is -0.570. The molecular formula is C13H27NO2. The van der Waals surface area contributed by atoms with Crippen LogP contribution in [-0.2, 0) is 4.79 Å². The first-order chi connectivity index (χ1) is 7.56. The van der Waals surface area contributed by atoms with Crippen LogP contribution in [-0.4, -0.2) is 23.7 Å². The molecule has 0 radical (unpaired) electrons. The van der Waals surface area contributed by atoms with E-state index in [0.717, 1.165) is 12.3 Å². The van der Waals surface area contributed by atoms with Crippen molar-refractivity contribution in [1.82, 2.24) is 5.32 Å². The van der Waals surface area contributed by atoms with E-state index >= 15 is 0 Å². The summed E-state index contributed by atoms with van der Waals surface area (Å²) in [5.41, 5.74) is 0. The molecule has 0 rings (SSSR count). The van der Waals surface area contributed by atoms with E-state index < -0.39 is 6.10 Å². The summed E-state index contributed by atoms with van der Waals surface area (Å²) in [6.07, 6.45) is 3.03. The maximum atomic E-state index is 11.3. The monoisotopic (exact) mass is 229 g/mol. The molecule has 0 aromatic heterocycles. The molecule has 0 aliphatic heterocycles. The summed E-state index contributed by atoms with van der Waals surface area (Å²) in [4.78, 5) is 11.3. The van der Waals surface area contributed by atoms with E-state index in [9.17, 15) is 9.90 Å². The Morgan fingerprint density at radius 2 is 1.75 bits per heavy atom. The Bertz CT molecular complexity index is 190. The molecule has 0 aromatic rings. The molecule has 0 aliphatic rings. The zero-order valence-electron chi connectivity index (χ0n) is 11.1. The Morgan fingerprint density at radius 3 is 2.19 bits per heavy atom. The number of aliphatic hydroxyl groups excluding tert-OH is 1. The maximum absolute atomic E-state index is 11.3. The van der Waals surface area contributed by atoms with Crippen molar-refractivity contribution < 1.29 is 9.90 Å². The predicted molar refractivity (Wildman–Crippen MR) is 67.2 cm³/mol. The number of carbonyl (C=O) groups excluding carboxylic acids is 1. The summed E-state index contributed by atoms with van der Waals surface area (Å²) < 4.78 is 0. The Balaban J connectivity index is 3.76. The molecule has 16 heavy (non-hydrogen) atoms. The van der Waals surface area contributed by atoms with Crippen molar-refractivity contribution >= 4 is 5.91 Å². The standard InChI is InChI=1S/C13H27NO2/c1-5-11(6-2)10(4)8-9-14-13(16)12(15)7-3/h10-12,15H,5-9H2,1-4H3,(H,14,16). The van der Waals surface area contributed by atoms with Gasteiger partial charge in [-0.1, -0.05) is 40.5 Å². The summed E-state index contributed by atoms with van der Waals surface area (Å²) in [6, 6.07) is 0. The fourth-order valence-electron chi connectivity index (χ4n) is 2.06. The first-order valence-corrected chi connectivity index (χ1v) is 6.52. The molecule has 0 fully saturated rings. The van der Waals surface area contributed by atoms with Gasteiger partial charge < -0.3 is 10.4 Å². The highest BCUT2D eigenvalue weighted by Crippen LogP contribution is 2.21. The van der Waals surface area contributed by atoms with Crippen molar-refractivity contribution in [3.63, 3.8) is 0 Å². The van der Waals surface area contributed by atoms with Crippen molar-refractivity contribution in [3.8, 4) is 0 Å². The molecule has 0 spiro atoms. The van der Waals surface area contributed by atoms with Crippen molar-refractivity contribution in [2.45, 2.75) is 59.5 Å². The SMILES string of the molecule is CCC(O)C(=O)NCCC(C)C(CC)CC. The third-order valence-electron chi connectivity index (χ3n) is 3.44. The number of nitrogens with one attached hydrogen (secondary N) is 1. The number of aliphatic hydroxyl groups is 1. The number of amides is 1. The van der Waals surface area contributed by atoms with Crippen LogP contribution in [0.15, 0.2) is 0 Å². The van der Waals surface area contributed by atoms with E-state index in [0.29, 0.717) is 18.9 Å². The highest BCUT2D eigenvalue weighted by molar-refractivity contribution is 5.80. The quantitative estimate of drug-likeness (QED) is 0.671. The minimum absolute atomic E-state index is 0.237. The number of carbonyl (C=O) groups is 1. The van der Waals surface area contributed by atoms with Gasteiger partial charge in [0, 0.05) is 6.54 Å². The van der Waals surface area contributed by atoms with Gasteiger partial charge in [0.25, 0.3) is 0 Å². The molecule has 96 valence electrons. The molecule has 0 aliphatic carbocycles. The second-order valence-corrected chi connectivity index (χ2v) is 4.56. The molecule has 2 N–H and O–H groups in total. The normalized spacial score (nSPS) is 14.9. The van der Waals surface area contributed by atoms with Gasteiger partial charge in [0.05, 0.1) is 0 Å². The fraction of sp³-hybridized carbons (Fsp3) is 0.923. The van der Waals surface area contributed by atoms with Gasteiger partial charge >= 0.3 is 0 Å². The second kappa shape index (κ2) is 8.57. The molecule has 3 nitrogen and oxygen atoms in total. The van der Waals surface area contributed by atoms with Gasteiger partial charge in [-0.2, -0.15) is 0 Å². The topological polar surface area (TPSA) is 49.3 Å². The average Bonchev–Trinajstić information content (AvgIpc) is 2.29. The minimum Gasteiger partial charge on any atom is -0.383 e. The van der Waals surface area contributed by atoms with Crippen LogP contribution in [0.3, 0.4) is 0 Å². The van der Waals surface area contributed by atoms with E-state index in [-0.39, 0.29) is 5.91 Å². The second-order valence-electron chi connectivity index (χ2n) is 4.56. The molecule has 0 saturated heterocycles. The average molecular weight is 229 g/mol. The zero-order valence-corrected chi connectivity index (χ0v) is 11.1. The van der Waals surface area contributed by atoms with Crippen LogP contribution in [0.1, 0.15) is 53.4 Å². The molecular weight excluding hydrogens is 202 g/mol. The summed E-state index contributed by atoms with van der Waals surface area (Å²) >= 11 is 0. The van der Waals surface area contributed by atoms with Crippen LogP contribution >= 0.6 is 0 Å². The molecule has 0 bridgehead atoms. The number of hydrogen-bond donors (Lipinski definition) is 2. The number of hydrogen-bond acceptors (Lipinski definition) is 2. The lowest BCUT2D eigenvalue weighted by atomic mass is 9.87. The van der Waals surface area contributed by atoms with E-state index in [1.165, 1.54) is 12.8 Å². The van der Waals surface area contributed by atoms with Crippen LogP contribution in [0.25, 0.3) is 0 Å². The van der Waals surface area contributed by atoms with Crippen LogP contribution in [0.4, 0.5) is 0 Å². The third kappa shape index (κ3) is 5.50. The van der Waals surface area contributed by atoms with Gasteiger partial charge in [-0.15, -0.1) is 0 Å². The van der Waals surface area contributed by atoms with Crippen LogP contribution in [0.5, 0.6) is 0 Å². The first kappa shape index (κ1) is 15.4. The maximum Gasteiger partial charge on any atom is 0.248 e. The lowest BCUT2D eigenvalue weighted by molar-refractivity contribution is -0.129. The largest absolute Gasteiger partial charge is 0.383 e. The van der Waals surface area contributed by atoms with Crippen molar-refractivity contribution in [2.75, 3.05) is 6.54 Å². The summed E-state index contributed by atoms with van der Waals surface area (Å²) in [5.74, 6) is 1.14. The Kier molecular flexibility index (Phi) is 8.26. The van der Waals surface area contributed by atoms with Crippen LogP contribution < -0.4 is 5.32 Å². The van der Waals surface area contributed by atoms with E-state index in [1.54, 1.807) is 6.92 Å². The van der Waals surface area contributed by atoms with Crippen LogP contribution in [0.2, 0.25) is 0 Å². The summed E-state index contributed by atoms with van der Waals surface area (Å²) in [5, 5.41) is 12.1. The molecule has 3 heteroatoms. The Labute approximate surface area is 99.6 Å². The van der Waals surface area contributed by atoms with Gasteiger partial charge in [-0.05, 0) is 24.7 Å².